The van der Waals surface area contributed by atoms with Gasteiger partial charge in [0.2, 0.25) is 11.8 Å². The van der Waals surface area contributed by atoms with Crippen LogP contribution < -0.4 is 5.73 Å². The molecule has 0 aromatic carbocycles. The van der Waals surface area contributed by atoms with E-state index in [2.05, 4.69) is 5.10 Å². The van der Waals surface area contributed by atoms with Crippen LogP contribution in [0.25, 0.3) is 0 Å². The molecule has 7 heteroatoms. The van der Waals surface area contributed by atoms with Crippen LogP contribution in [0.15, 0.2) is 6.20 Å². The van der Waals surface area contributed by atoms with Gasteiger partial charge < -0.3 is 15.4 Å². The predicted molar refractivity (Wildman–Crippen MR) is 71.6 cm³/mol. The number of likely N-dealkylation sites (tertiary alicyclic amines) is 1. The number of amides is 2. The molecule has 0 aliphatic carbocycles. The van der Waals surface area contributed by atoms with Crippen molar-refractivity contribution < 1.29 is 14.3 Å². The molecule has 1 aromatic heterocycles. The monoisotopic (exact) mass is 280 g/mol. The Morgan fingerprint density at radius 3 is 2.80 bits per heavy atom. The molecule has 20 heavy (non-hydrogen) atoms. The molecular formula is C13H20N4O3. The Labute approximate surface area is 117 Å². The van der Waals surface area contributed by atoms with Crippen LogP contribution in [0.2, 0.25) is 0 Å². The standard InChI is InChI=1S/C13H20N4O3/c1-8-10(7-15-16(8)2)12-9(13(14)19)6-11(18)17(12)4-5-20-3/h7,9,12H,4-6H2,1-3H3,(H2,14,19). The SMILES string of the molecule is COCCN1C(=O)CC(C(N)=O)C1c1cnn(C)c1C. The number of carbonyl (C=O) groups is 2. The van der Waals surface area contributed by atoms with Gasteiger partial charge in [0.1, 0.15) is 0 Å². The summed E-state index contributed by atoms with van der Waals surface area (Å²) >= 11 is 0. The van der Waals surface area contributed by atoms with Gasteiger partial charge in [0.05, 0.1) is 24.8 Å². The minimum absolute atomic E-state index is 0.0703. The van der Waals surface area contributed by atoms with Crippen molar-refractivity contribution in [3.63, 3.8) is 0 Å². The first-order valence-electron chi connectivity index (χ1n) is 6.53. The number of methoxy groups -OCH3 is 1. The molecule has 1 fully saturated rings. The molecule has 2 amide bonds. The fourth-order valence-corrected chi connectivity index (χ4v) is 2.69. The molecule has 1 aromatic rings. The number of ether oxygens (including phenoxy) is 1. The van der Waals surface area contributed by atoms with Gasteiger partial charge in [0.15, 0.2) is 0 Å². The highest BCUT2D eigenvalue weighted by Crippen LogP contribution is 2.38. The Morgan fingerprint density at radius 2 is 2.30 bits per heavy atom. The van der Waals surface area contributed by atoms with E-state index in [-0.39, 0.29) is 18.4 Å². The van der Waals surface area contributed by atoms with Crippen LogP contribution in [-0.2, 0) is 21.4 Å². The molecule has 0 saturated carbocycles. The van der Waals surface area contributed by atoms with Gasteiger partial charge in [-0.05, 0) is 6.92 Å². The molecule has 7 nitrogen and oxygen atoms in total. The zero-order valence-electron chi connectivity index (χ0n) is 12.0. The summed E-state index contributed by atoms with van der Waals surface area (Å²) in [7, 11) is 3.41. The van der Waals surface area contributed by atoms with Gasteiger partial charge in [-0.25, -0.2) is 0 Å². The molecular weight excluding hydrogens is 260 g/mol. The van der Waals surface area contributed by atoms with Gasteiger partial charge in [0, 0.05) is 38.4 Å². The van der Waals surface area contributed by atoms with E-state index < -0.39 is 11.8 Å². The van der Waals surface area contributed by atoms with E-state index >= 15 is 0 Å². The molecule has 1 aliphatic heterocycles. The lowest BCUT2D eigenvalue weighted by molar-refractivity contribution is -0.129. The van der Waals surface area contributed by atoms with Crippen molar-refractivity contribution in [1.82, 2.24) is 14.7 Å². The summed E-state index contributed by atoms with van der Waals surface area (Å²) in [6, 6.07) is -0.344. The van der Waals surface area contributed by atoms with Gasteiger partial charge in [-0.2, -0.15) is 5.10 Å². The van der Waals surface area contributed by atoms with Crippen molar-refractivity contribution in [1.29, 1.82) is 0 Å². The van der Waals surface area contributed by atoms with Crippen LogP contribution >= 0.6 is 0 Å². The molecule has 110 valence electrons. The van der Waals surface area contributed by atoms with Gasteiger partial charge in [-0.3, -0.25) is 14.3 Å². The van der Waals surface area contributed by atoms with Crippen LogP contribution in [-0.4, -0.2) is 46.8 Å². The van der Waals surface area contributed by atoms with E-state index in [1.54, 1.807) is 22.9 Å². The van der Waals surface area contributed by atoms with Crippen LogP contribution in [0, 0.1) is 12.8 Å². The third-order valence-corrected chi connectivity index (χ3v) is 3.93. The Morgan fingerprint density at radius 1 is 1.60 bits per heavy atom. The fraction of sp³-hybridized carbons (Fsp3) is 0.615. The van der Waals surface area contributed by atoms with Crippen molar-refractivity contribution in [2.45, 2.75) is 19.4 Å². The average molecular weight is 280 g/mol. The van der Waals surface area contributed by atoms with Crippen molar-refractivity contribution >= 4 is 11.8 Å². The highest BCUT2D eigenvalue weighted by Gasteiger charge is 2.44. The lowest BCUT2D eigenvalue weighted by atomic mass is 9.93. The number of nitrogens with zero attached hydrogens (tertiary/aromatic N) is 3. The second kappa shape index (κ2) is 5.62. The quantitative estimate of drug-likeness (QED) is 0.805. The smallest absolute Gasteiger partial charge is 0.224 e. The molecule has 0 spiro atoms. The molecule has 2 unspecified atom stereocenters. The Balaban J connectivity index is 2.38. The Kier molecular flexibility index (Phi) is 4.08. The summed E-state index contributed by atoms with van der Waals surface area (Å²) < 4.78 is 6.76. The minimum Gasteiger partial charge on any atom is -0.383 e. The normalized spacial score (nSPS) is 22.6. The van der Waals surface area contributed by atoms with Crippen LogP contribution in [0.4, 0.5) is 0 Å². The maximum absolute atomic E-state index is 12.1. The highest BCUT2D eigenvalue weighted by atomic mass is 16.5. The maximum atomic E-state index is 12.1. The van der Waals surface area contributed by atoms with Crippen molar-refractivity contribution in [2.75, 3.05) is 20.3 Å². The van der Waals surface area contributed by atoms with Crippen molar-refractivity contribution in [3.8, 4) is 0 Å². The molecule has 2 heterocycles. The molecule has 1 saturated heterocycles. The number of aryl methyl sites for hydroxylation is 1. The number of primary amides is 1. The summed E-state index contributed by atoms with van der Waals surface area (Å²) in [5, 5.41) is 4.19. The van der Waals surface area contributed by atoms with E-state index in [1.807, 2.05) is 14.0 Å². The first kappa shape index (κ1) is 14.5. The summed E-state index contributed by atoms with van der Waals surface area (Å²) in [5.41, 5.74) is 7.26. The largest absolute Gasteiger partial charge is 0.383 e. The lowest BCUT2D eigenvalue weighted by Crippen LogP contribution is -2.35. The first-order valence-corrected chi connectivity index (χ1v) is 6.53. The zero-order chi connectivity index (χ0) is 14.9. The number of nitrogens with two attached hydrogens (primary N) is 1. The van der Waals surface area contributed by atoms with Gasteiger partial charge in [-0.1, -0.05) is 0 Å². The third-order valence-electron chi connectivity index (χ3n) is 3.93. The second-order valence-electron chi connectivity index (χ2n) is 5.05. The summed E-state index contributed by atoms with van der Waals surface area (Å²) in [5.74, 6) is -1.03. The molecule has 0 radical (unpaired) electrons. The zero-order valence-corrected chi connectivity index (χ0v) is 12.0. The van der Waals surface area contributed by atoms with E-state index in [0.717, 1.165) is 11.3 Å². The Hall–Kier alpha value is -1.89. The number of hydrogen-bond donors (Lipinski definition) is 1. The maximum Gasteiger partial charge on any atom is 0.224 e. The second-order valence-corrected chi connectivity index (χ2v) is 5.05. The van der Waals surface area contributed by atoms with Gasteiger partial charge >= 0.3 is 0 Å². The number of hydrogen-bond acceptors (Lipinski definition) is 4. The van der Waals surface area contributed by atoms with E-state index in [9.17, 15) is 9.59 Å². The topological polar surface area (TPSA) is 90.4 Å². The van der Waals surface area contributed by atoms with Gasteiger partial charge in [-0.15, -0.1) is 0 Å². The first-order chi connectivity index (χ1) is 9.47. The van der Waals surface area contributed by atoms with E-state index in [4.69, 9.17) is 10.5 Å². The third kappa shape index (κ3) is 2.40. The van der Waals surface area contributed by atoms with Crippen molar-refractivity contribution in [3.05, 3.63) is 17.5 Å². The molecule has 2 atom stereocenters. The number of rotatable bonds is 5. The van der Waals surface area contributed by atoms with Crippen LogP contribution in [0.1, 0.15) is 23.7 Å². The van der Waals surface area contributed by atoms with Crippen molar-refractivity contribution in [2.24, 2.45) is 18.7 Å². The van der Waals surface area contributed by atoms with Gasteiger partial charge in [0.25, 0.3) is 0 Å². The van der Waals surface area contributed by atoms with E-state index in [0.29, 0.717) is 13.2 Å². The summed E-state index contributed by atoms with van der Waals surface area (Å²) in [6.07, 6.45) is 1.85. The Bertz CT molecular complexity index is 526. The fourth-order valence-electron chi connectivity index (χ4n) is 2.69. The molecule has 2 rings (SSSR count). The predicted octanol–water partition coefficient (Wildman–Crippen LogP) is -0.250. The van der Waals surface area contributed by atoms with E-state index in [1.165, 1.54) is 0 Å². The summed E-state index contributed by atoms with van der Waals surface area (Å²) in [4.78, 5) is 25.5. The summed E-state index contributed by atoms with van der Waals surface area (Å²) in [6.45, 7) is 2.78. The lowest BCUT2D eigenvalue weighted by Gasteiger charge is -2.27. The van der Waals surface area contributed by atoms with Crippen LogP contribution in [0.5, 0.6) is 0 Å². The van der Waals surface area contributed by atoms with Crippen LogP contribution in [0.3, 0.4) is 0 Å². The molecule has 1 aliphatic rings. The average Bonchev–Trinajstić information content (AvgIpc) is 2.89. The highest BCUT2D eigenvalue weighted by molar-refractivity contribution is 5.89. The molecule has 2 N–H and O–H groups in total. The minimum atomic E-state index is -0.512. The molecule has 0 bridgehead atoms. The number of aromatic nitrogens is 2. The number of carbonyl (C=O) groups excluding carboxylic acids is 2.